The van der Waals surface area contributed by atoms with Gasteiger partial charge in [-0.3, -0.25) is 4.79 Å². The number of nitrogens with zero attached hydrogens (tertiary/aromatic N) is 1. The molecule has 1 N–H and O–H groups in total. The SMILES string of the molecule is O=C(O)CCc1ccc2c(c1F)CCN(c1cc(OC3CCC3)ccc1F)C2. The summed E-state index contributed by atoms with van der Waals surface area (Å²) < 4.78 is 35.1. The fourth-order valence-electron chi connectivity index (χ4n) is 3.79. The Kier molecular flexibility index (Phi) is 5.20. The predicted molar refractivity (Wildman–Crippen MR) is 102 cm³/mol. The molecule has 2 aromatic carbocycles. The van der Waals surface area contributed by atoms with Crippen molar-refractivity contribution in [2.45, 2.75) is 51.2 Å². The normalized spacial score (nSPS) is 16.4. The Morgan fingerprint density at radius 1 is 1.21 bits per heavy atom. The predicted octanol–water partition coefficient (Wildman–Crippen LogP) is 4.48. The van der Waals surface area contributed by atoms with E-state index in [9.17, 15) is 13.6 Å². The van der Waals surface area contributed by atoms with Crippen LogP contribution in [-0.4, -0.2) is 23.7 Å². The van der Waals surface area contributed by atoms with Crippen molar-refractivity contribution < 1.29 is 23.4 Å². The summed E-state index contributed by atoms with van der Waals surface area (Å²) >= 11 is 0. The van der Waals surface area contributed by atoms with Gasteiger partial charge in [0.15, 0.2) is 0 Å². The third-order valence-corrected chi connectivity index (χ3v) is 5.63. The molecule has 0 bridgehead atoms. The lowest BCUT2D eigenvalue weighted by Crippen LogP contribution is -2.32. The highest BCUT2D eigenvalue weighted by molar-refractivity contribution is 5.67. The highest BCUT2D eigenvalue weighted by Gasteiger charge is 2.24. The van der Waals surface area contributed by atoms with Crippen LogP contribution in [0.1, 0.15) is 42.4 Å². The number of benzene rings is 2. The quantitative estimate of drug-likeness (QED) is 0.794. The molecule has 0 radical (unpaired) electrons. The standard InChI is InChI=1S/C22H23F2NO3/c23-19-8-7-17(28-16-2-1-3-16)12-20(19)25-11-10-18-15(13-25)5-4-14(22(18)24)6-9-21(26)27/h4-5,7-8,12,16H,1-3,6,9-11,13H2,(H,26,27). The van der Waals surface area contributed by atoms with Crippen molar-refractivity contribution in [3.63, 3.8) is 0 Å². The molecule has 4 rings (SSSR count). The zero-order valence-corrected chi connectivity index (χ0v) is 15.6. The summed E-state index contributed by atoms with van der Waals surface area (Å²) in [7, 11) is 0. The van der Waals surface area contributed by atoms with Gasteiger partial charge in [0.2, 0.25) is 0 Å². The molecule has 148 valence electrons. The summed E-state index contributed by atoms with van der Waals surface area (Å²) in [6, 6.07) is 8.29. The van der Waals surface area contributed by atoms with Crippen molar-refractivity contribution in [1.82, 2.24) is 0 Å². The van der Waals surface area contributed by atoms with Gasteiger partial charge >= 0.3 is 5.97 Å². The van der Waals surface area contributed by atoms with Crippen molar-refractivity contribution in [3.05, 3.63) is 58.7 Å². The van der Waals surface area contributed by atoms with Gasteiger partial charge in [-0.15, -0.1) is 0 Å². The van der Waals surface area contributed by atoms with Gasteiger partial charge in [0, 0.05) is 25.6 Å². The summed E-state index contributed by atoms with van der Waals surface area (Å²) in [5, 5.41) is 8.81. The molecule has 2 aromatic rings. The highest BCUT2D eigenvalue weighted by atomic mass is 19.1. The van der Waals surface area contributed by atoms with Gasteiger partial charge in [0.25, 0.3) is 0 Å². The number of hydrogen-bond acceptors (Lipinski definition) is 3. The van der Waals surface area contributed by atoms with Gasteiger partial charge < -0.3 is 14.7 Å². The lowest BCUT2D eigenvalue weighted by Gasteiger charge is -2.32. The number of carbonyl (C=O) groups is 1. The topological polar surface area (TPSA) is 49.8 Å². The van der Waals surface area contributed by atoms with Crippen LogP contribution in [-0.2, 0) is 24.2 Å². The number of anilines is 1. The molecule has 4 nitrogen and oxygen atoms in total. The summed E-state index contributed by atoms with van der Waals surface area (Å²) in [6.07, 6.45) is 3.99. The maximum Gasteiger partial charge on any atom is 0.303 e. The fourth-order valence-corrected chi connectivity index (χ4v) is 3.79. The number of hydrogen-bond donors (Lipinski definition) is 1. The Balaban J connectivity index is 1.53. The molecule has 1 fully saturated rings. The highest BCUT2D eigenvalue weighted by Crippen LogP contribution is 2.33. The molecule has 1 saturated carbocycles. The summed E-state index contributed by atoms with van der Waals surface area (Å²) in [5.41, 5.74) is 2.32. The van der Waals surface area contributed by atoms with E-state index in [1.165, 1.54) is 12.5 Å². The summed E-state index contributed by atoms with van der Waals surface area (Å²) in [6.45, 7) is 0.908. The Morgan fingerprint density at radius 3 is 2.75 bits per heavy atom. The van der Waals surface area contributed by atoms with E-state index < -0.39 is 5.97 Å². The first-order valence-electron chi connectivity index (χ1n) is 9.73. The van der Waals surface area contributed by atoms with Gasteiger partial charge in [-0.2, -0.15) is 0 Å². The number of halogens is 2. The van der Waals surface area contributed by atoms with Crippen LogP contribution in [0, 0.1) is 11.6 Å². The Bertz CT molecular complexity index is 896. The van der Waals surface area contributed by atoms with Crippen LogP contribution in [0.4, 0.5) is 14.5 Å². The van der Waals surface area contributed by atoms with E-state index in [-0.39, 0.29) is 30.6 Å². The van der Waals surface area contributed by atoms with Gasteiger partial charge in [-0.1, -0.05) is 12.1 Å². The smallest absolute Gasteiger partial charge is 0.303 e. The number of aryl methyl sites for hydroxylation is 1. The van der Waals surface area contributed by atoms with Gasteiger partial charge in [0.05, 0.1) is 11.8 Å². The van der Waals surface area contributed by atoms with E-state index in [1.807, 2.05) is 11.0 Å². The van der Waals surface area contributed by atoms with E-state index in [0.717, 1.165) is 18.4 Å². The third-order valence-electron chi connectivity index (χ3n) is 5.63. The number of fused-ring (bicyclic) bond motifs is 1. The summed E-state index contributed by atoms with van der Waals surface area (Å²) in [4.78, 5) is 12.7. The zero-order valence-electron chi connectivity index (χ0n) is 15.6. The molecule has 28 heavy (non-hydrogen) atoms. The van der Waals surface area contributed by atoms with E-state index in [2.05, 4.69) is 0 Å². The van der Waals surface area contributed by atoms with Crippen LogP contribution in [0.2, 0.25) is 0 Å². The number of rotatable bonds is 6. The van der Waals surface area contributed by atoms with Crippen molar-refractivity contribution in [2.75, 3.05) is 11.4 Å². The van der Waals surface area contributed by atoms with Gasteiger partial charge in [-0.05, 0) is 60.9 Å². The Hall–Kier alpha value is -2.63. The van der Waals surface area contributed by atoms with Crippen LogP contribution in [0.3, 0.4) is 0 Å². The van der Waals surface area contributed by atoms with Crippen LogP contribution in [0.25, 0.3) is 0 Å². The number of aliphatic carboxylic acids is 1. The monoisotopic (exact) mass is 387 g/mol. The molecule has 6 heteroatoms. The minimum Gasteiger partial charge on any atom is -0.490 e. The maximum atomic E-state index is 14.8. The zero-order chi connectivity index (χ0) is 19.7. The second-order valence-corrected chi connectivity index (χ2v) is 7.53. The van der Waals surface area contributed by atoms with Gasteiger partial charge in [-0.25, -0.2) is 8.78 Å². The second-order valence-electron chi connectivity index (χ2n) is 7.53. The van der Waals surface area contributed by atoms with Crippen molar-refractivity contribution >= 4 is 11.7 Å². The molecular formula is C22H23F2NO3. The summed E-state index contributed by atoms with van der Waals surface area (Å²) in [5.74, 6) is -0.909. The van der Waals surface area contributed by atoms with Crippen molar-refractivity contribution in [1.29, 1.82) is 0 Å². The average Bonchev–Trinajstić information content (AvgIpc) is 2.65. The molecule has 0 spiro atoms. The molecule has 0 atom stereocenters. The number of ether oxygens (including phenoxy) is 1. The van der Waals surface area contributed by atoms with E-state index >= 15 is 0 Å². The minimum atomic E-state index is -0.942. The first-order chi connectivity index (χ1) is 13.5. The molecule has 0 unspecified atom stereocenters. The van der Waals surface area contributed by atoms with Gasteiger partial charge in [0.1, 0.15) is 17.4 Å². The number of carboxylic acids is 1. The Morgan fingerprint density at radius 2 is 2.04 bits per heavy atom. The van der Waals surface area contributed by atoms with Crippen molar-refractivity contribution in [2.24, 2.45) is 0 Å². The first kappa shape index (κ1) is 18.7. The molecule has 0 saturated heterocycles. The lowest BCUT2D eigenvalue weighted by molar-refractivity contribution is -0.136. The van der Waals surface area contributed by atoms with E-state index in [4.69, 9.17) is 9.84 Å². The largest absolute Gasteiger partial charge is 0.490 e. The minimum absolute atomic E-state index is 0.0964. The van der Waals surface area contributed by atoms with E-state index in [0.29, 0.717) is 42.1 Å². The molecule has 0 aromatic heterocycles. The van der Waals surface area contributed by atoms with Crippen LogP contribution in [0.15, 0.2) is 30.3 Å². The lowest BCUT2D eigenvalue weighted by atomic mass is 9.94. The molecule has 1 aliphatic heterocycles. The molecule has 2 aliphatic rings. The maximum absolute atomic E-state index is 14.8. The first-order valence-corrected chi connectivity index (χ1v) is 9.73. The fraction of sp³-hybridized carbons (Fsp3) is 0.409. The van der Waals surface area contributed by atoms with Crippen LogP contribution >= 0.6 is 0 Å². The van der Waals surface area contributed by atoms with E-state index in [1.54, 1.807) is 18.2 Å². The number of carboxylic acid groups (broad SMARTS) is 1. The molecule has 0 amide bonds. The molecule has 1 aliphatic carbocycles. The molecular weight excluding hydrogens is 364 g/mol. The van der Waals surface area contributed by atoms with Crippen LogP contribution in [0.5, 0.6) is 5.75 Å². The van der Waals surface area contributed by atoms with Crippen molar-refractivity contribution in [3.8, 4) is 5.75 Å². The Labute approximate surface area is 162 Å². The molecule has 1 heterocycles. The van der Waals surface area contributed by atoms with Crippen LogP contribution < -0.4 is 9.64 Å². The second kappa shape index (κ2) is 7.78. The average molecular weight is 387 g/mol. The third kappa shape index (κ3) is 3.81.